The highest BCUT2D eigenvalue weighted by Gasteiger charge is 2.34. The summed E-state index contributed by atoms with van der Waals surface area (Å²) >= 11 is 0. The predicted octanol–water partition coefficient (Wildman–Crippen LogP) is 3.74. The van der Waals surface area contributed by atoms with Gasteiger partial charge in [-0.25, -0.2) is 0 Å². The highest BCUT2D eigenvalue weighted by Crippen LogP contribution is 2.31. The Labute approximate surface area is 141 Å². The first-order valence-corrected chi connectivity index (χ1v) is 8.55. The van der Waals surface area contributed by atoms with Crippen molar-refractivity contribution in [3.63, 3.8) is 0 Å². The third kappa shape index (κ3) is 4.38. The molecule has 0 radical (unpaired) electrons. The van der Waals surface area contributed by atoms with Gasteiger partial charge in [0.25, 0.3) is 0 Å². The summed E-state index contributed by atoms with van der Waals surface area (Å²) in [5.41, 5.74) is 1.29. The zero-order valence-electron chi connectivity index (χ0n) is 13.7. The summed E-state index contributed by atoms with van der Waals surface area (Å²) in [5, 5.41) is 0. The summed E-state index contributed by atoms with van der Waals surface area (Å²) in [5.74, 6) is 0.647. The number of rotatable bonds is 4. The molecule has 1 N–H and O–H groups in total. The summed E-state index contributed by atoms with van der Waals surface area (Å²) < 4.78 is 39.3. The molecule has 1 nitrogen and oxygen atoms in total. The van der Waals surface area contributed by atoms with Gasteiger partial charge in [0.1, 0.15) is 6.54 Å². The first-order chi connectivity index (χ1) is 11.5. The third-order valence-electron chi connectivity index (χ3n) is 4.94. The van der Waals surface area contributed by atoms with Crippen LogP contribution in [0.4, 0.5) is 13.2 Å². The number of hydrogen-bond donors (Lipinski definition) is 1. The number of piperidine rings is 1. The van der Waals surface area contributed by atoms with E-state index in [0.717, 1.165) is 32.4 Å². The van der Waals surface area contributed by atoms with Gasteiger partial charge in [-0.1, -0.05) is 48.5 Å². The van der Waals surface area contributed by atoms with Crippen LogP contribution in [-0.2, 0) is 19.1 Å². The number of quaternary nitrogens is 1. The number of hydrogen-bond acceptors (Lipinski definition) is 0. The van der Waals surface area contributed by atoms with Crippen molar-refractivity contribution in [2.75, 3.05) is 13.1 Å². The van der Waals surface area contributed by atoms with Crippen LogP contribution >= 0.6 is 0 Å². The van der Waals surface area contributed by atoms with Crippen LogP contribution < -0.4 is 4.90 Å². The molecule has 1 heterocycles. The molecule has 0 unspecified atom stereocenters. The first-order valence-electron chi connectivity index (χ1n) is 8.55. The number of alkyl halides is 3. The minimum Gasteiger partial charge on any atom is -0.331 e. The molecule has 0 amide bonds. The highest BCUT2D eigenvalue weighted by molar-refractivity contribution is 5.28. The van der Waals surface area contributed by atoms with Crippen molar-refractivity contribution in [1.82, 2.24) is 0 Å². The molecule has 128 valence electrons. The fourth-order valence-corrected chi connectivity index (χ4v) is 3.63. The van der Waals surface area contributed by atoms with Crippen molar-refractivity contribution in [2.45, 2.75) is 32.0 Å². The molecule has 1 aliphatic heterocycles. The van der Waals surface area contributed by atoms with Crippen molar-refractivity contribution in [3.05, 3.63) is 71.3 Å². The normalized spacial score (nSPS) is 21.6. The molecule has 4 heteroatoms. The van der Waals surface area contributed by atoms with Gasteiger partial charge in [0.15, 0.2) is 0 Å². The molecule has 1 saturated heterocycles. The van der Waals surface area contributed by atoms with E-state index >= 15 is 0 Å². The van der Waals surface area contributed by atoms with E-state index in [4.69, 9.17) is 0 Å². The molecule has 0 atom stereocenters. The SMILES string of the molecule is FC(F)(F)c1ccccc1C[NH+]1CCC(Cc2ccccc2)CC1. The van der Waals surface area contributed by atoms with Gasteiger partial charge < -0.3 is 4.90 Å². The van der Waals surface area contributed by atoms with Crippen LogP contribution in [0.1, 0.15) is 29.5 Å². The Balaban J connectivity index is 1.56. The van der Waals surface area contributed by atoms with Crippen molar-refractivity contribution >= 4 is 0 Å². The summed E-state index contributed by atoms with van der Waals surface area (Å²) in [4.78, 5) is 1.26. The monoisotopic (exact) mass is 334 g/mol. The van der Waals surface area contributed by atoms with E-state index < -0.39 is 11.7 Å². The molecule has 1 fully saturated rings. The van der Waals surface area contributed by atoms with E-state index in [-0.39, 0.29) is 0 Å². The highest BCUT2D eigenvalue weighted by atomic mass is 19.4. The van der Waals surface area contributed by atoms with Gasteiger partial charge in [0.05, 0.1) is 18.7 Å². The lowest BCUT2D eigenvalue weighted by atomic mass is 9.90. The maximum Gasteiger partial charge on any atom is 0.416 e. The molecular formula is C20H23F3N+. The van der Waals surface area contributed by atoms with Gasteiger partial charge in [-0.05, 0) is 36.8 Å². The Hall–Kier alpha value is -1.81. The Morgan fingerprint density at radius 1 is 0.875 bits per heavy atom. The van der Waals surface area contributed by atoms with Crippen molar-refractivity contribution < 1.29 is 18.1 Å². The Bertz CT molecular complexity index is 643. The van der Waals surface area contributed by atoms with Crippen molar-refractivity contribution in [3.8, 4) is 0 Å². The van der Waals surface area contributed by atoms with Crippen LogP contribution in [0.3, 0.4) is 0 Å². The van der Waals surface area contributed by atoms with E-state index in [1.165, 1.54) is 22.6 Å². The second-order valence-corrected chi connectivity index (χ2v) is 6.71. The lowest BCUT2D eigenvalue weighted by Gasteiger charge is -2.30. The Morgan fingerprint density at radius 2 is 1.50 bits per heavy atom. The van der Waals surface area contributed by atoms with E-state index in [9.17, 15) is 13.2 Å². The van der Waals surface area contributed by atoms with Gasteiger partial charge in [-0.15, -0.1) is 0 Å². The topological polar surface area (TPSA) is 4.44 Å². The second-order valence-electron chi connectivity index (χ2n) is 6.71. The van der Waals surface area contributed by atoms with E-state index in [1.807, 2.05) is 6.07 Å². The quantitative estimate of drug-likeness (QED) is 0.869. The number of halogens is 3. The molecule has 0 spiro atoms. The fraction of sp³-hybridized carbons (Fsp3) is 0.400. The lowest BCUT2D eigenvalue weighted by molar-refractivity contribution is -0.919. The molecular weight excluding hydrogens is 311 g/mol. The van der Waals surface area contributed by atoms with Gasteiger partial charge in [-0.2, -0.15) is 13.2 Å². The van der Waals surface area contributed by atoms with Gasteiger partial charge in [-0.3, -0.25) is 0 Å². The summed E-state index contributed by atoms with van der Waals surface area (Å²) in [6.45, 7) is 2.36. The van der Waals surface area contributed by atoms with Crippen LogP contribution in [0.2, 0.25) is 0 Å². The average Bonchev–Trinajstić information content (AvgIpc) is 2.57. The molecule has 0 aliphatic carbocycles. The Kier molecular flexibility index (Phi) is 5.24. The predicted molar refractivity (Wildman–Crippen MR) is 88.7 cm³/mol. The third-order valence-corrected chi connectivity index (χ3v) is 4.94. The summed E-state index contributed by atoms with van der Waals surface area (Å²) in [6, 6.07) is 16.4. The van der Waals surface area contributed by atoms with Crippen LogP contribution in [0, 0.1) is 5.92 Å². The molecule has 24 heavy (non-hydrogen) atoms. The fourth-order valence-electron chi connectivity index (χ4n) is 3.63. The largest absolute Gasteiger partial charge is 0.416 e. The molecule has 0 saturated carbocycles. The maximum atomic E-state index is 13.1. The second kappa shape index (κ2) is 7.39. The standard InChI is InChI=1S/C20H22F3N/c21-20(22,23)19-9-5-4-8-18(19)15-24-12-10-17(11-13-24)14-16-6-2-1-3-7-16/h1-9,17H,10-15H2/p+1. The van der Waals surface area contributed by atoms with Crippen LogP contribution in [0.5, 0.6) is 0 Å². The van der Waals surface area contributed by atoms with Gasteiger partial charge >= 0.3 is 6.18 Å². The number of nitrogens with one attached hydrogen (secondary N) is 1. The van der Waals surface area contributed by atoms with Crippen LogP contribution in [0.25, 0.3) is 0 Å². The van der Waals surface area contributed by atoms with Crippen LogP contribution in [0.15, 0.2) is 54.6 Å². The van der Waals surface area contributed by atoms with Gasteiger partial charge in [0, 0.05) is 5.56 Å². The maximum absolute atomic E-state index is 13.1. The smallest absolute Gasteiger partial charge is 0.331 e. The molecule has 0 aromatic heterocycles. The molecule has 1 aliphatic rings. The molecule has 0 bridgehead atoms. The zero-order valence-corrected chi connectivity index (χ0v) is 13.7. The summed E-state index contributed by atoms with van der Waals surface area (Å²) in [6.07, 6.45) is -1.02. The van der Waals surface area contributed by atoms with Crippen molar-refractivity contribution in [1.29, 1.82) is 0 Å². The van der Waals surface area contributed by atoms with E-state index in [0.29, 0.717) is 18.0 Å². The minimum absolute atomic E-state index is 0.418. The zero-order chi connectivity index (χ0) is 17.0. The van der Waals surface area contributed by atoms with E-state index in [2.05, 4.69) is 24.3 Å². The van der Waals surface area contributed by atoms with Crippen LogP contribution in [-0.4, -0.2) is 13.1 Å². The molecule has 2 aromatic rings. The first kappa shape index (κ1) is 17.0. The lowest BCUT2D eigenvalue weighted by Crippen LogP contribution is -3.11. The van der Waals surface area contributed by atoms with Crippen molar-refractivity contribution in [2.24, 2.45) is 5.92 Å². The Morgan fingerprint density at radius 3 is 2.17 bits per heavy atom. The number of benzene rings is 2. The minimum atomic E-state index is -4.26. The average molecular weight is 334 g/mol. The van der Waals surface area contributed by atoms with E-state index in [1.54, 1.807) is 12.1 Å². The summed E-state index contributed by atoms with van der Waals surface area (Å²) in [7, 11) is 0. The van der Waals surface area contributed by atoms with Gasteiger partial charge in [0.2, 0.25) is 0 Å². The molecule has 3 rings (SSSR count). The molecule has 2 aromatic carbocycles. The number of likely N-dealkylation sites (tertiary alicyclic amines) is 1.